The highest BCUT2D eigenvalue weighted by molar-refractivity contribution is 5.82. The van der Waals surface area contributed by atoms with Crippen LogP contribution in [0.4, 0.5) is 0 Å². The highest BCUT2D eigenvalue weighted by Crippen LogP contribution is 2.23. The van der Waals surface area contributed by atoms with Gasteiger partial charge in [0.25, 0.3) is 0 Å². The van der Waals surface area contributed by atoms with Crippen molar-refractivity contribution >= 4 is 11.9 Å². The smallest absolute Gasteiger partial charge is 0.310 e. The maximum atomic E-state index is 11.8. The lowest BCUT2D eigenvalue weighted by atomic mass is 9.99. The number of likely N-dealkylation sites (tertiary alicyclic amines) is 1. The van der Waals surface area contributed by atoms with E-state index in [1.165, 1.54) is 12.7 Å². The van der Waals surface area contributed by atoms with Crippen molar-refractivity contribution in [1.82, 2.24) is 20.0 Å². The van der Waals surface area contributed by atoms with Crippen molar-refractivity contribution in [3.8, 4) is 0 Å². The van der Waals surface area contributed by atoms with Crippen LogP contribution in [0.1, 0.15) is 12.5 Å². The van der Waals surface area contributed by atoms with Crippen LogP contribution in [0.2, 0.25) is 0 Å². The van der Waals surface area contributed by atoms with Crippen molar-refractivity contribution in [2.45, 2.75) is 13.3 Å². The average Bonchev–Trinajstić information content (AvgIpc) is 3.09. The van der Waals surface area contributed by atoms with Gasteiger partial charge in [-0.05, 0) is 17.9 Å². The number of aryl methyl sites for hydroxylation is 1. The number of carbonyl (C=O) groups excluding carboxylic acids is 1. The standard InChI is InChI=1S/C15H25N5O2/c1-11-8-20(10-13(11)14(21)22-4)15(16-2)17-6-5-12-7-18-19(3)9-12/h7,9,11,13H,5-6,8,10H2,1-4H3,(H,16,17). The molecule has 122 valence electrons. The zero-order chi connectivity index (χ0) is 16.1. The average molecular weight is 307 g/mol. The molecule has 2 unspecified atom stereocenters. The van der Waals surface area contributed by atoms with Gasteiger partial charge in [0.2, 0.25) is 0 Å². The summed E-state index contributed by atoms with van der Waals surface area (Å²) >= 11 is 0. The van der Waals surface area contributed by atoms with Crippen molar-refractivity contribution in [1.29, 1.82) is 0 Å². The molecule has 1 aromatic rings. The van der Waals surface area contributed by atoms with Gasteiger partial charge < -0.3 is 15.0 Å². The molecule has 0 saturated carbocycles. The third-order valence-corrected chi connectivity index (χ3v) is 4.08. The molecule has 7 heteroatoms. The minimum Gasteiger partial charge on any atom is -0.469 e. The van der Waals surface area contributed by atoms with Crippen LogP contribution in [-0.2, 0) is 23.0 Å². The second-order valence-electron chi connectivity index (χ2n) is 5.76. The zero-order valence-corrected chi connectivity index (χ0v) is 13.7. The van der Waals surface area contributed by atoms with Gasteiger partial charge in [0, 0.05) is 39.9 Å². The molecule has 0 spiro atoms. The first-order valence-corrected chi connectivity index (χ1v) is 7.56. The number of esters is 1. The fourth-order valence-electron chi connectivity index (χ4n) is 2.85. The van der Waals surface area contributed by atoms with Crippen LogP contribution in [0.25, 0.3) is 0 Å². The molecule has 0 radical (unpaired) electrons. The maximum Gasteiger partial charge on any atom is 0.310 e. The fraction of sp³-hybridized carbons (Fsp3) is 0.667. The lowest BCUT2D eigenvalue weighted by molar-refractivity contribution is -0.145. The van der Waals surface area contributed by atoms with Crippen LogP contribution in [0.15, 0.2) is 17.4 Å². The van der Waals surface area contributed by atoms with Gasteiger partial charge in [-0.3, -0.25) is 14.5 Å². The van der Waals surface area contributed by atoms with E-state index < -0.39 is 0 Å². The summed E-state index contributed by atoms with van der Waals surface area (Å²) in [7, 11) is 5.12. The van der Waals surface area contributed by atoms with Crippen LogP contribution >= 0.6 is 0 Å². The van der Waals surface area contributed by atoms with Gasteiger partial charge in [0.1, 0.15) is 0 Å². The van der Waals surface area contributed by atoms with Crippen LogP contribution < -0.4 is 5.32 Å². The number of guanidine groups is 1. The Labute approximate surface area is 131 Å². The molecule has 1 aliphatic rings. The molecule has 0 bridgehead atoms. The molecule has 22 heavy (non-hydrogen) atoms. The lowest BCUT2D eigenvalue weighted by Gasteiger charge is -2.21. The Morgan fingerprint density at radius 1 is 1.55 bits per heavy atom. The number of nitrogens with one attached hydrogen (secondary N) is 1. The van der Waals surface area contributed by atoms with Crippen molar-refractivity contribution < 1.29 is 9.53 Å². The number of nitrogens with zero attached hydrogens (tertiary/aromatic N) is 4. The van der Waals surface area contributed by atoms with Crippen molar-refractivity contribution in [2.75, 3.05) is 33.8 Å². The molecule has 2 rings (SSSR count). The SMILES string of the molecule is CN=C(NCCc1cnn(C)c1)N1CC(C)C(C(=O)OC)C1. The second-order valence-corrected chi connectivity index (χ2v) is 5.76. The molecule has 7 nitrogen and oxygen atoms in total. The van der Waals surface area contributed by atoms with Gasteiger partial charge in [-0.15, -0.1) is 0 Å². The molecule has 0 aromatic carbocycles. The number of ether oxygens (including phenoxy) is 1. The monoisotopic (exact) mass is 307 g/mol. The number of aromatic nitrogens is 2. The Morgan fingerprint density at radius 3 is 2.91 bits per heavy atom. The van der Waals surface area contributed by atoms with Crippen LogP contribution in [0, 0.1) is 11.8 Å². The lowest BCUT2D eigenvalue weighted by Crippen LogP contribution is -2.41. The van der Waals surface area contributed by atoms with Crippen molar-refractivity contribution in [3.05, 3.63) is 18.0 Å². The second kappa shape index (κ2) is 7.29. The Bertz CT molecular complexity index is 540. The third-order valence-electron chi connectivity index (χ3n) is 4.08. The summed E-state index contributed by atoms with van der Waals surface area (Å²) in [5.41, 5.74) is 1.19. The first kappa shape index (κ1) is 16.3. The van der Waals surface area contributed by atoms with E-state index in [0.29, 0.717) is 6.54 Å². The van der Waals surface area contributed by atoms with E-state index in [1.54, 1.807) is 11.7 Å². The topological polar surface area (TPSA) is 71.8 Å². The van der Waals surface area contributed by atoms with Crippen LogP contribution in [0.3, 0.4) is 0 Å². The fourth-order valence-corrected chi connectivity index (χ4v) is 2.85. The van der Waals surface area contributed by atoms with Gasteiger partial charge >= 0.3 is 5.97 Å². The highest BCUT2D eigenvalue weighted by atomic mass is 16.5. The number of aliphatic imine (C=N–C) groups is 1. The Hall–Kier alpha value is -2.05. The van der Waals surface area contributed by atoms with Gasteiger partial charge in [-0.1, -0.05) is 6.92 Å². The minimum absolute atomic E-state index is 0.0816. The zero-order valence-electron chi connectivity index (χ0n) is 13.7. The van der Waals surface area contributed by atoms with Gasteiger partial charge in [-0.25, -0.2) is 0 Å². The quantitative estimate of drug-likeness (QED) is 0.491. The summed E-state index contributed by atoms with van der Waals surface area (Å²) in [5.74, 6) is 0.883. The van der Waals surface area contributed by atoms with E-state index in [-0.39, 0.29) is 17.8 Å². The van der Waals surface area contributed by atoms with Crippen molar-refractivity contribution in [2.24, 2.45) is 23.9 Å². The van der Waals surface area contributed by atoms with E-state index in [4.69, 9.17) is 4.74 Å². The van der Waals surface area contributed by atoms with E-state index in [1.807, 2.05) is 19.4 Å². The van der Waals surface area contributed by atoms with Gasteiger partial charge in [0.15, 0.2) is 5.96 Å². The van der Waals surface area contributed by atoms with Crippen LogP contribution in [-0.4, -0.2) is 60.4 Å². The Morgan fingerprint density at radius 2 is 2.32 bits per heavy atom. The summed E-state index contributed by atoms with van der Waals surface area (Å²) in [5, 5.41) is 7.51. The van der Waals surface area contributed by atoms with E-state index in [9.17, 15) is 4.79 Å². The summed E-state index contributed by atoms with van der Waals surface area (Å²) in [6, 6.07) is 0. The number of methoxy groups -OCH3 is 1. The van der Waals surface area contributed by atoms with Crippen LogP contribution in [0.5, 0.6) is 0 Å². The molecule has 0 amide bonds. The molecular formula is C15H25N5O2. The number of carbonyl (C=O) groups is 1. The first-order chi connectivity index (χ1) is 10.5. The molecule has 2 heterocycles. The molecule has 0 aliphatic carbocycles. The Kier molecular flexibility index (Phi) is 5.41. The summed E-state index contributed by atoms with van der Waals surface area (Å²) < 4.78 is 6.67. The van der Waals surface area contributed by atoms with Crippen molar-refractivity contribution in [3.63, 3.8) is 0 Å². The summed E-state index contributed by atoms with van der Waals surface area (Å²) in [6.45, 7) is 4.32. The predicted octanol–water partition coefficient (Wildman–Crippen LogP) is 0.279. The molecule has 1 saturated heterocycles. The van der Waals surface area contributed by atoms with Gasteiger partial charge in [-0.2, -0.15) is 5.10 Å². The Balaban J connectivity index is 1.86. The molecule has 1 N–H and O–H groups in total. The molecule has 2 atom stereocenters. The maximum absolute atomic E-state index is 11.8. The first-order valence-electron chi connectivity index (χ1n) is 7.56. The van der Waals surface area contributed by atoms with E-state index >= 15 is 0 Å². The summed E-state index contributed by atoms with van der Waals surface area (Å²) in [4.78, 5) is 18.2. The third kappa shape index (κ3) is 3.78. The minimum atomic E-state index is -0.138. The largest absolute Gasteiger partial charge is 0.469 e. The molecule has 1 aromatic heterocycles. The summed E-state index contributed by atoms with van der Waals surface area (Å²) in [6.07, 6.45) is 4.77. The normalized spacial score (nSPS) is 22.0. The highest BCUT2D eigenvalue weighted by Gasteiger charge is 2.36. The number of hydrogen-bond acceptors (Lipinski definition) is 4. The van der Waals surface area contributed by atoms with Gasteiger partial charge in [0.05, 0.1) is 19.2 Å². The van der Waals surface area contributed by atoms with E-state index in [2.05, 4.69) is 27.2 Å². The molecule has 1 fully saturated rings. The molecule has 1 aliphatic heterocycles. The number of hydrogen-bond donors (Lipinski definition) is 1. The number of rotatable bonds is 4. The molecular weight excluding hydrogens is 282 g/mol. The predicted molar refractivity (Wildman–Crippen MR) is 84.5 cm³/mol. The van der Waals surface area contributed by atoms with E-state index in [0.717, 1.165) is 25.5 Å².